The van der Waals surface area contributed by atoms with Crippen LogP contribution in [0.15, 0.2) is 36.5 Å². The van der Waals surface area contributed by atoms with Crippen LogP contribution in [-0.2, 0) is 0 Å². The average molecular weight is 361 g/mol. The van der Waals surface area contributed by atoms with Crippen LogP contribution >= 0.6 is 47.0 Å². The summed E-state index contributed by atoms with van der Waals surface area (Å²) < 4.78 is 0. The van der Waals surface area contributed by atoms with Gasteiger partial charge in [-0.3, -0.25) is 10.1 Å². The van der Waals surface area contributed by atoms with Gasteiger partial charge < -0.3 is 5.32 Å². The quantitative estimate of drug-likeness (QED) is 0.623. The van der Waals surface area contributed by atoms with Crippen molar-refractivity contribution in [3.8, 4) is 0 Å². The van der Waals surface area contributed by atoms with Crippen LogP contribution in [0.1, 0.15) is 10.4 Å². The van der Waals surface area contributed by atoms with Gasteiger partial charge in [0.1, 0.15) is 0 Å². The van der Waals surface area contributed by atoms with E-state index in [1.807, 2.05) is 0 Å². The Morgan fingerprint density at radius 2 is 1.95 bits per heavy atom. The maximum atomic E-state index is 12.1. The van der Waals surface area contributed by atoms with Crippen LogP contribution in [-0.4, -0.2) is 16.0 Å². The maximum absolute atomic E-state index is 12.1. The lowest BCUT2D eigenvalue weighted by Crippen LogP contribution is -2.34. The SMILES string of the molecule is O=C(NC(=S)Nc1cccnc1Cl)c1cc(Cl)ccc1Cl. The highest BCUT2D eigenvalue weighted by molar-refractivity contribution is 7.80. The third-order valence-electron chi connectivity index (χ3n) is 2.41. The molecule has 2 aromatic rings. The molecule has 1 aromatic heterocycles. The highest BCUT2D eigenvalue weighted by atomic mass is 35.5. The first-order valence-electron chi connectivity index (χ1n) is 5.65. The molecule has 8 heteroatoms. The molecule has 2 rings (SSSR count). The molecule has 0 spiro atoms. The molecule has 0 bridgehead atoms. The average Bonchev–Trinajstić information content (AvgIpc) is 2.44. The first-order valence-corrected chi connectivity index (χ1v) is 7.19. The van der Waals surface area contributed by atoms with E-state index in [0.29, 0.717) is 10.7 Å². The van der Waals surface area contributed by atoms with Gasteiger partial charge in [-0.1, -0.05) is 34.8 Å². The van der Waals surface area contributed by atoms with Crippen molar-refractivity contribution in [2.24, 2.45) is 0 Å². The topological polar surface area (TPSA) is 54.0 Å². The predicted octanol–water partition coefficient (Wildman–Crippen LogP) is 4.17. The van der Waals surface area contributed by atoms with Crippen molar-refractivity contribution in [3.05, 3.63) is 57.3 Å². The van der Waals surface area contributed by atoms with Gasteiger partial charge in [-0.15, -0.1) is 0 Å². The molecule has 0 atom stereocenters. The standard InChI is InChI=1S/C13H8Cl3N3OS/c14-7-3-4-9(15)8(6-7)12(20)19-13(21)18-10-2-1-5-17-11(10)16/h1-6H,(H2,18,19,20,21). The zero-order valence-corrected chi connectivity index (χ0v) is 13.4. The molecule has 4 nitrogen and oxygen atoms in total. The Hall–Kier alpha value is -1.40. The lowest BCUT2D eigenvalue weighted by Gasteiger charge is -2.11. The summed E-state index contributed by atoms with van der Waals surface area (Å²) in [5.74, 6) is -0.472. The molecule has 0 aliphatic carbocycles. The van der Waals surface area contributed by atoms with Gasteiger partial charge in [0.2, 0.25) is 0 Å². The summed E-state index contributed by atoms with van der Waals surface area (Å²) in [5.41, 5.74) is 0.715. The number of halogens is 3. The molecule has 0 unspecified atom stereocenters. The Kier molecular flexibility index (Phi) is 5.36. The van der Waals surface area contributed by atoms with E-state index < -0.39 is 5.91 Å². The number of benzene rings is 1. The van der Waals surface area contributed by atoms with Crippen LogP contribution in [0, 0.1) is 0 Å². The van der Waals surface area contributed by atoms with Crippen molar-refractivity contribution in [2.45, 2.75) is 0 Å². The Morgan fingerprint density at radius 1 is 1.19 bits per heavy atom. The van der Waals surface area contributed by atoms with E-state index in [2.05, 4.69) is 15.6 Å². The molecule has 21 heavy (non-hydrogen) atoms. The third kappa shape index (κ3) is 4.28. The van der Waals surface area contributed by atoms with Crippen LogP contribution in [0.2, 0.25) is 15.2 Å². The molecule has 0 saturated carbocycles. The summed E-state index contributed by atoms with van der Waals surface area (Å²) in [7, 11) is 0. The van der Waals surface area contributed by atoms with Gasteiger partial charge in [0.05, 0.1) is 16.3 Å². The largest absolute Gasteiger partial charge is 0.330 e. The molecule has 0 radical (unpaired) electrons. The van der Waals surface area contributed by atoms with Gasteiger partial charge in [-0.05, 0) is 42.5 Å². The second-order valence-electron chi connectivity index (χ2n) is 3.87. The smallest absolute Gasteiger partial charge is 0.258 e. The fourth-order valence-electron chi connectivity index (χ4n) is 1.47. The molecular formula is C13H8Cl3N3OS. The number of carbonyl (C=O) groups is 1. The van der Waals surface area contributed by atoms with E-state index in [-0.39, 0.29) is 20.9 Å². The van der Waals surface area contributed by atoms with Crippen molar-refractivity contribution < 1.29 is 4.79 Å². The Labute approximate surface area is 141 Å². The maximum Gasteiger partial charge on any atom is 0.258 e. The number of thiocarbonyl (C=S) groups is 1. The van der Waals surface area contributed by atoms with Crippen LogP contribution in [0.4, 0.5) is 5.69 Å². The minimum atomic E-state index is -0.472. The van der Waals surface area contributed by atoms with Crippen molar-refractivity contribution in [2.75, 3.05) is 5.32 Å². The van der Waals surface area contributed by atoms with Crippen LogP contribution in [0.3, 0.4) is 0 Å². The fraction of sp³-hybridized carbons (Fsp3) is 0. The summed E-state index contributed by atoms with van der Waals surface area (Å²) in [5, 5.41) is 6.26. The number of nitrogens with zero attached hydrogens (tertiary/aromatic N) is 1. The number of carbonyl (C=O) groups excluding carboxylic acids is 1. The number of nitrogens with one attached hydrogen (secondary N) is 2. The molecule has 1 aromatic carbocycles. The highest BCUT2D eigenvalue weighted by Gasteiger charge is 2.13. The Morgan fingerprint density at radius 3 is 2.67 bits per heavy atom. The van der Waals surface area contributed by atoms with E-state index in [1.54, 1.807) is 24.4 Å². The molecular weight excluding hydrogens is 353 g/mol. The number of aromatic nitrogens is 1. The van der Waals surface area contributed by atoms with E-state index >= 15 is 0 Å². The molecule has 108 valence electrons. The van der Waals surface area contributed by atoms with Crippen molar-refractivity contribution in [3.63, 3.8) is 0 Å². The number of hydrogen-bond acceptors (Lipinski definition) is 3. The number of rotatable bonds is 2. The molecule has 2 N–H and O–H groups in total. The van der Waals surface area contributed by atoms with Crippen molar-refractivity contribution >= 4 is 63.7 Å². The molecule has 0 saturated heterocycles. The van der Waals surface area contributed by atoms with Gasteiger partial charge >= 0.3 is 0 Å². The second kappa shape index (κ2) is 7.04. The minimum Gasteiger partial charge on any atom is -0.330 e. The van der Waals surface area contributed by atoms with E-state index in [0.717, 1.165) is 0 Å². The molecule has 0 aliphatic rings. The first kappa shape index (κ1) is 16.0. The van der Waals surface area contributed by atoms with Gasteiger partial charge in [-0.2, -0.15) is 0 Å². The molecule has 1 heterocycles. The second-order valence-corrected chi connectivity index (χ2v) is 5.48. The van der Waals surface area contributed by atoms with Gasteiger partial charge in [-0.25, -0.2) is 4.98 Å². The van der Waals surface area contributed by atoms with E-state index in [9.17, 15) is 4.79 Å². The zero-order valence-electron chi connectivity index (χ0n) is 10.4. The monoisotopic (exact) mass is 359 g/mol. The van der Waals surface area contributed by atoms with Crippen LogP contribution in [0.5, 0.6) is 0 Å². The van der Waals surface area contributed by atoms with E-state index in [1.165, 1.54) is 12.1 Å². The molecule has 0 fully saturated rings. The fourth-order valence-corrected chi connectivity index (χ4v) is 2.22. The first-order chi connectivity index (χ1) is 9.97. The minimum absolute atomic E-state index is 0.0749. The lowest BCUT2D eigenvalue weighted by atomic mass is 10.2. The zero-order chi connectivity index (χ0) is 15.4. The van der Waals surface area contributed by atoms with E-state index in [4.69, 9.17) is 47.0 Å². The van der Waals surface area contributed by atoms with Gasteiger partial charge in [0, 0.05) is 11.2 Å². The van der Waals surface area contributed by atoms with Gasteiger partial charge in [0.25, 0.3) is 5.91 Å². The van der Waals surface area contributed by atoms with Crippen LogP contribution < -0.4 is 10.6 Å². The summed E-state index contributed by atoms with van der Waals surface area (Å²) in [4.78, 5) is 16.0. The highest BCUT2D eigenvalue weighted by Crippen LogP contribution is 2.21. The van der Waals surface area contributed by atoms with Crippen LogP contribution in [0.25, 0.3) is 0 Å². The summed E-state index contributed by atoms with van der Waals surface area (Å²) in [6.45, 7) is 0. The Balaban J connectivity index is 2.08. The van der Waals surface area contributed by atoms with Gasteiger partial charge in [0.15, 0.2) is 10.3 Å². The number of anilines is 1. The normalized spacial score (nSPS) is 10.0. The number of hydrogen-bond donors (Lipinski definition) is 2. The number of amides is 1. The summed E-state index contributed by atoms with van der Waals surface area (Å²) >= 11 is 22.7. The molecule has 0 aliphatic heterocycles. The predicted molar refractivity (Wildman–Crippen MR) is 89.4 cm³/mol. The van der Waals surface area contributed by atoms with Crippen molar-refractivity contribution in [1.82, 2.24) is 10.3 Å². The Bertz CT molecular complexity index is 709. The molecule has 1 amide bonds. The summed E-state index contributed by atoms with van der Waals surface area (Å²) in [6.07, 6.45) is 1.54. The lowest BCUT2D eigenvalue weighted by molar-refractivity contribution is 0.0978. The van der Waals surface area contributed by atoms with Crippen molar-refractivity contribution in [1.29, 1.82) is 0 Å². The third-order valence-corrected chi connectivity index (χ3v) is 3.48. The number of pyridine rings is 1. The summed E-state index contributed by atoms with van der Waals surface area (Å²) in [6, 6.07) is 7.95.